The Bertz CT molecular complexity index is 817. The molecule has 2 aromatic rings. The normalized spacial score (nSPS) is 19.7. The standard InChI is InChI=1S/C20H22N2O3/c1-14-9-10-18(11-15(14)2)25-13-19(23)22-20(24,12-16(3)21-22)17-7-5-4-6-8-17/h4-11,24H,12-13H2,1-3H3/t20-/m1/s1. The SMILES string of the molecule is CC1=NN(C(=O)COc2ccc(C)c(C)c2)[C@](O)(c2ccccc2)C1. The summed E-state index contributed by atoms with van der Waals surface area (Å²) in [5.41, 5.74) is 2.13. The molecule has 1 N–H and O–H groups in total. The summed E-state index contributed by atoms with van der Waals surface area (Å²) in [5, 5.41) is 16.4. The van der Waals surface area contributed by atoms with E-state index in [9.17, 15) is 9.90 Å². The highest BCUT2D eigenvalue weighted by atomic mass is 16.5. The summed E-state index contributed by atoms with van der Waals surface area (Å²) in [6, 6.07) is 14.8. The predicted octanol–water partition coefficient (Wildman–Crippen LogP) is 3.14. The predicted molar refractivity (Wildman–Crippen MR) is 96.3 cm³/mol. The van der Waals surface area contributed by atoms with Crippen molar-refractivity contribution in [2.24, 2.45) is 5.10 Å². The van der Waals surface area contributed by atoms with Gasteiger partial charge in [0.1, 0.15) is 5.75 Å². The Kier molecular flexibility index (Phi) is 4.59. The Morgan fingerprint density at radius 2 is 1.88 bits per heavy atom. The van der Waals surface area contributed by atoms with E-state index in [0.29, 0.717) is 17.0 Å². The highest BCUT2D eigenvalue weighted by molar-refractivity contribution is 5.89. The highest BCUT2D eigenvalue weighted by Crippen LogP contribution is 2.35. The number of amides is 1. The van der Waals surface area contributed by atoms with Gasteiger partial charge in [0.15, 0.2) is 12.3 Å². The molecule has 5 nitrogen and oxygen atoms in total. The van der Waals surface area contributed by atoms with Crippen molar-refractivity contribution in [3.05, 3.63) is 65.2 Å². The number of carbonyl (C=O) groups excluding carboxylic acids is 1. The summed E-state index contributed by atoms with van der Waals surface area (Å²) in [6.45, 7) is 5.62. The van der Waals surface area contributed by atoms with E-state index in [1.807, 2.05) is 50.2 Å². The van der Waals surface area contributed by atoms with Crippen molar-refractivity contribution in [1.29, 1.82) is 0 Å². The van der Waals surface area contributed by atoms with Crippen molar-refractivity contribution in [3.63, 3.8) is 0 Å². The number of hydrazone groups is 1. The molecule has 0 aromatic heterocycles. The number of benzene rings is 2. The Hall–Kier alpha value is -2.66. The van der Waals surface area contributed by atoms with Gasteiger partial charge in [-0.3, -0.25) is 4.79 Å². The molecule has 1 heterocycles. The van der Waals surface area contributed by atoms with Gasteiger partial charge in [-0.25, -0.2) is 0 Å². The van der Waals surface area contributed by atoms with Crippen LogP contribution in [0.5, 0.6) is 5.75 Å². The smallest absolute Gasteiger partial charge is 0.283 e. The zero-order valence-corrected chi connectivity index (χ0v) is 14.7. The zero-order chi connectivity index (χ0) is 18.0. The lowest BCUT2D eigenvalue weighted by Gasteiger charge is -2.31. The minimum absolute atomic E-state index is 0.186. The van der Waals surface area contributed by atoms with Gasteiger partial charge in [-0.2, -0.15) is 10.1 Å². The molecule has 1 amide bonds. The first-order valence-electron chi connectivity index (χ1n) is 8.25. The average molecular weight is 338 g/mol. The molecular formula is C20H22N2O3. The van der Waals surface area contributed by atoms with E-state index in [0.717, 1.165) is 16.1 Å². The van der Waals surface area contributed by atoms with E-state index in [1.165, 1.54) is 0 Å². The molecule has 0 aliphatic carbocycles. The minimum atomic E-state index is -1.46. The molecule has 130 valence electrons. The molecule has 0 spiro atoms. The minimum Gasteiger partial charge on any atom is -0.484 e. The van der Waals surface area contributed by atoms with Crippen LogP contribution in [0, 0.1) is 13.8 Å². The van der Waals surface area contributed by atoms with Gasteiger partial charge >= 0.3 is 0 Å². The summed E-state index contributed by atoms with van der Waals surface area (Å²) in [6.07, 6.45) is 0.284. The van der Waals surface area contributed by atoms with Gasteiger partial charge in [0.2, 0.25) is 0 Å². The summed E-state index contributed by atoms with van der Waals surface area (Å²) in [5.74, 6) is 0.237. The van der Waals surface area contributed by atoms with Crippen LogP contribution in [0.4, 0.5) is 0 Å². The van der Waals surface area contributed by atoms with Crippen molar-refractivity contribution in [2.45, 2.75) is 32.9 Å². The Morgan fingerprint density at radius 3 is 2.56 bits per heavy atom. The quantitative estimate of drug-likeness (QED) is 0.931. The molecule has 1 atom stereocenters. The molecule has 0 fully saturated rings. The van der Waals surface area contributed by atoms with Gasteiger partial charge in [0.05, 0.1) is 0 Å². The van der Waals surface area contributed by atoms with E-state index in [1.54, 1.807) is 19.1 Å². The number of hydrogen-bond donors (Lipinski definition) is 1. The molecule has 0 unspecified atom stereocenters. The summed E-state index contributed by atoms with van der Waals surface area (Å²) in [7, 11) is 0. The Balaban J connectivity index is 1.76. The molecule has 25 heavy (non-hydrogen) atoms. The second kappa shape index (κ2) is 6.69. The van der Waals surface area contributed by atoms with E-state index >= 15 is 0 Å². The van der Waals surface area contributed by atoms with Crippen LogP contribution < -0.4 is 4.74 Å². The Morgan fingerprint density at radius 1 is 1.16 bits per heavy atom. The maximum atomic E-state index is 12.6. The fourth-order valence-electron chi connectivity index (χ4n) is 2.92. The van der Waals surface area contributed by atoms with Gasteiger partial charge in [0.25, 0.3) is 5.91 Å². The van der Waals surface area contributed by atoms with Crippen molar-refractivity contribution >= 4 is 11.6 Å². The lowest BCUT2D eigenvalue weighted by molar-refractivity contribution is -0.159. The number of aliphatic hydroxyl groups is 1. The number of ether oxygens (including phenoxy) is 1. The number of aryl methyl sites for hydroxylation is 2. The van der Waals surface area contributed by atoms with E-state index in [4.69, 9.17) is 4.74 Å². The molecule has 0 bridgehead atoms. The number of hydrogen-bond acceptors (Lipinski definition) is 4. The van der Waals surface area contributed by atoms with Crippen LogP contribution in [0.15, 0.2) is 53.6 Å². The second-order valence-corrected chi connectivity index (χ2v) is 6.43. The topological polar surface area (TPSA) is 62.1 Å². The zero-order valence-electron chi connectivity index (χ0n) is 14.7. The third kappa shape index (κ3) is 3.42. The average Bonchev–Trinajstić information content (AvgIpc) is 2.92. The van der Waals surface area contributed by atoms with Crippen LogP contribution in [0.25, 0.3) is 0 Å². The van der Waals surface area contributed by atoms with Gasteiger partial charge in [-0.05, 0) is 44.0 Å². The third-order valence-electron chi connectivity index (χ3n) is 4.44. The van der Waals surface area contributed by atoms with Gasteiger partial charge < -0.3 is 9.84 Å². The first kappa shape index (κ1) is 17.2. The maximum Gasteiger partial charge on any atom is 0.283 e. The molecule has 0 radical (unpaired) electrons. The third-order valence-corrected chi connectivity index (χ3v) is 4.44. The van der Waals surface area contributed by atoms with Gasteiger partial charge in [-0.1, -0.05) is 36.4 Å². The van der Waals surface area contributed by atoms with E-state index in [2.05, 4.69) is 5.10 Å². The number of rotatable bonds is 4. The lowest BCUT2D eigenvalue weighted by Crippen LogP contribution is -2.45. The van der Waals surface area contributed by atoms with Crippen LogP contribution in [0.2, 0.25) is 0 Å². The van der Waals surface area contributed by atoms with Crippen LogP contribution in [0.1, 0.15) is 30.0 Å². The van der Waals surface area contributed by atoms with Crippen molar-refractivity contribution < 1.29 is 14.6 Å². The maximum absolute atomic E-state index is 12.6. The summed E-state index contributed by atoms with van der Waals surface area (Å²) < 4.78 is 5.61. The first-order chi connectivity index (χ1) is 11.9. The fraction of sp³-hybridized carbons (Fsp3) is 0.300. The number of nitrogens with zero attached hydrogens (tertiary/aromatic N) is 2. The summed E-state index contributed by atoms with van der Waals surface area (Å²) >= 11 is 0. The Labute approximate surface area is 147 Å². The fourth-order valence-corrected chi connectivity index (χ4v) is 2.92. The van der Waals surface area contributed by atoms with Crippen LogP contribution in [-0.4, -0.2) is 28.3 Å². The summed E-state index contributed by atoms with van der Waals surface area (Å²) in [4.78, 5) is 12.6. The van der Waals surface area contributed by atoms with Crippen LogP contribution in [0.3, 0.4) is 0 Å². The second-order valence-electron chi connectivity index (χ2n) is 6.43. The van der Waals surface area contributed by atoms with Crippen LogP contribution in [-0.2, 0) is 10.5 Å². The van der Waals surface area contributed by atoms with E-state index < -0.39 is 5.72 Å². The molecule has 0 saturated carbocycles. The van der Waals surface area contributed by atoms with Crippen LogP contribution >= 0.6 is 0 Å². The molecule has 5 heteroatoms. The monoisotopic (exact) mass is 338 g/mol. The molecule has 1 aliphatic rings. The highest BCUT2D eigenvalue weighted by Gasteiger charge is 2.44. The van der Waals surface area contributed by atoms with Crippen molar-refractivity contribution in [1.82, 2.24) is 5.01 Å². The first-order valence-corrected chi connectivity index (χ1v) is 8.25. The van der Waals surface area contributed by atoms with E-state index in [-0.39, 0.29) is 18.9 Å². The molecule has 0 saturated heterocycles. The number of carbonyl (C=O) groups is 1. The molecular weight excluding hydrogens is 316 g/mol. The van der Waals surface area contributed by atoms with Gasteiger partial charge in [-0.15, -0.1) is 0 Å². The van der Waals surface area contributed by atoms with Crippen molar-refractivity contribution in [2.75, 3.05) is 6.61 Å². The van der Waals surface area contributed by atoms with Crippen molar-refractivity contribution in [3.8, 4) is 5.75 Å². The largest absolute Gasteiger partial charge is 0.484 e. The molecule has 3 rings (SSSR count). The molecule has 1 aliphatic heterocycles. The van der Waals surface area contributed by atoms with Gasteiger partial charge in [0, 0.05) is 17.7 Å². The molecule has 2 aromatic carbocycles. The lowest BCUT2D eigenvalue weighted by atomic mass is 9.98.